The molecule has 1 aliphatic rings. The molecule has 116 valence electrons. The van der Waals surface area contributed by atoms with Crippen molar-refractivity contribution in [3.05, 3.63) is 29.6 Å². The van der Waals surface area contributed by atoms with Crippen molar-refractivity contribution >= 4 is 5.84 Å². The van der Waals surface area contributed by atoms with Crippen molar-refractivity contribution in [3.63, 3.8) is 0 Å². The molecule has 2 heterocycles. The lowest BCUT2D eigenvalue weighted by Crippen LogP contribution is -2.42. The number of nitrogens with zero attached hydrogens (tertiary/aromatic N) is 3. The van der Waals surface area contributed by atoms with E-state index < -0.39 is 0 Å². The molecule has 0 aromatic carbocycles. The smallest absolute Gasteiger partial charge is 0.188 e. The monoisotopic (exact) mass is 291 g/mol. The van der Waals surface area contributed by atoms with Gasteiger partial charge in [0.25, 0.3) is 0 Å². The van der Waals surface area contributed by atoms with Gasteiger partial charge < -0.3 is 21.2 Å². The molecule has 1 saturated heterocycles. The Bertz CT molecular complexity index is 469. The number of piperidine rings is 1. The van der Waals surface area contributed by atoms with Gasteiger partial charge in [0.15, 0.2) is 5.84 Å². The molecule has 0 amide bonds. The number of amidine groups is 1. The summed E-state index contributed by atoms with van der Waals surface area (Å²) >= 11 is 0. The van der Waals surface area contributed by atoms with E-state index >= 15 is 0 Å². The van der Waals surface area contributed by atoms with Crippen molar-refractivity contribution < 1.29 is 5.21 Å². The SMILES string of the molecule is CCCN1CCC(NCc2ccnc(C(N)=NO)c2)CC1. The van der Waals surface area contributed by atoms with E-state index in [0.717, 1.165) is 12.1 Å². The van der Waals surface area contributed by atoms with Gasteiger partial charge >= 0.3 is 0 Å². The van der Waals surface area contributed by atoms with Gasteiger partial charge in [-0.25, -0.2) is 0 Å². The summed E-state index contributed by atoms with van der Waals surface area (Å²) in [7, 11) is 0. The predicted molar refractivity (Wildman–Crippen MR) is 83.3 cm³/mol. The summed E-state index contributed by atoms with van der Waals surface area (Å²) in [5.41, 5.74) is 7.17. The van der Waals surface area contributed by atoms with Crippen molar-refractivity contribution in [1.82, 2.24) is 15.2 Å². The van der Waals surface area contributed by atoms with E-state index in [0.29, 0.717) is 11.7 Å². The summed E-state index contributed by atoms with van der Waals surface area (Å²) in [6, 6.07) is 4.38. The van der Waals surface area contributed by atoms with Crippen molar-refractivity contribution in [2.24, 2.45) is 10.9 Å². The van der Waals surface area contributed by atoms with E-state index in [1.165, 1.54) is 38.9 Å². The van der Waals surface area contributed by atoms with E-state index in [9.17, 15) is 0 Å². The van der Waals surface area contributed by atoms with Gasteiger partial charge in [-0.2, -0.15) is 0 Å². The van der Waals surface area contributed by atoms with Crippen molar-refractivity contribution in [1.29, 1.82) is 0 Å². The van der Waals surface area contributed by atoms with E-state index in [2.05, 4.69) is 27.3 Å². The quantitative estimate of drug-likeness (QED) is 0.317. The van der Waals surface area contributed by atoms with E-state index in [-0.39, 0.29) is 5.84 Å². The first-order valence-corrected chi connectivity index (χ1v) is 7.61. The number of nitrogens with one attached hydrogen (secondary N) is 1. The predicted octanol–water partition coefficient (Wildman–Crippen LogP) is 1.14. The number of likely N-dealkylation sites (tertiary alicyclic amines) is 1. The van der Waals surface area contributed by atoms with Gasteiger partial charge in [-0.05, 0) is 56.6 Å². The van der Waals surface area contributed by atoms with Crippen molar-refractivity contribution in [2.75, 3.05) is 19.6 Å². The Kier molecular flexibility index (Phi) is 5.95. The molecule has 6 heteroatoms. The molecule has 1 fully saturated rings. The molecule has 1 aromatic heterocycles. The Morgan fingerprint density at radius 1 is 1.52 bits per heavy atom. The summed E-state index contributed by atoms with van der Waals surface area (Å²) in [5, 5.41) is 15.3. The number of aromatic nitrogens is 1. The van der Waals surface area contributed by atoms with Crippen LogP contribution in [0.2, 0.25) is 0 Å². The zero-order chi connectivity index (χ0) is 15.1. The van der Waals surface area contributed by atoms with E-state index in [4.69, 9.17) is 10.9 Å². The third-order valence-electron chi connectivity index (χ3n) is 3.92. The lowest BCUT2D eigenvalue weighted by atomic mass is 10.0. The maximum Gasteiger partial charge on any atom is 0.188 e. The van der Waals surface area contributed by atoms with Gasteiger partial charge in [0, 0.05) is 18.8 Å². The second kappa shape index (κ2) is 7.95. The molecular formula is C15H25N5O. The number of pyridine rings is 1. The Balaban J connectivity index is 1.81. The van der Waals surface area contributed by atoms with Crippen LogP contribution in [0.1, 0.15) is 37.4 Å². The van der Waals surface area contributed by atoms with Crippen molar-refractivity contribution in [2.45, 2.75) is 38.8 Å². The first kappa shape index (κ1) is 15.7. The van der Waals surface area contributed by atoms with Crippen LogP contribution < -0.4 is 11.1 Å². The summed E-state index contributed by atoms with van der Waals surface area (Å²) in [4.78, 5) is 6.61. The molecule has 0 unspecified atom stereocenters. The fourth-order valence-electron chi connectivity index (χ4n) is 2.71. The largest absolute Gasteiger partial charge is 0.409 e. The second-order valence-corrected chi connectivity index (χ2v) is 5.53. The minimum Gasteiger partial charge on any atom is -0.409 e. The Labute approximate surface area is 126 Å². The topological polar surface area (TPSA) is 86.8 Å². The van der Waals surface area contributed by atoms with Gasteiger partial charge in [0.1, 0.15) is 5.69 Å². The maximum atomic E-state index is 8.68. The molecule has 6 nitrogen and oxygen atoms in total. The average Bonchev–Trinajstić information content (AvgIpc) is 2.54. The number of hydrogen-bond donors (Lipinski definition) is 3. The van der Waals surface area contributed by atoms with Gasteiger partial charge in [0.2, 0.25) is 0 Å². The molecule has 2 rings (SSSR count). The first-order valence-electron chi connectivity index (χ1n) is 7.61. The zero-order valence-corrected chi connectivity index (χ0v) is 12.6. The van der Waals surface area contributed by atoms with Crippen LogP contribution in [0.5, 0.6) is 0 Å². The van der Waals surface area contributed by atoms with Gasteiger partial charge in [-0.15, -0.1) is 0 Å². The van der Waals surface area contributed by atoms with Crippen molar-refractivity contribution in [3.8, 4) is 0 Å². The molecule has 0 saturated carbocycles. The summed E-state index contributed by atoms with van der Waals surface area (Å²) < 4.78 is 0. The molecule has 4 N–H and O–H groups in total. The Hall–Kier alpha value is -1.66. The maximum absolute atomic E-state index is 8.68. The highest BCUT2D eigenvalue weighted by Crippen LogP contribution is 2.11. The van der Waals surface area contributed by atoms with Crippen LogP contribution in [0, 0.1) is 0 Å². The molecule has 0 spiro atoms. The van der Waals surface area contributed by atoms with Crippen LogP contribution in [0.15, 0.2) is 23.5 Å². The molecule has 21 heavy (non-hydrogen) atoms. The second-order valence-electron chi connectivity index (χ2n) is 5.53. The molecule has 0 radical (unpaired) electrons. The standard InChI is InChI=1S/C15H25N5O/c1-2-7-20-8-4-13(5-9-20)18-11-12-3-6-17-14(10-12)15(16)19-21/h3,6,10,13,18,21H,2,4-5,7-9,11H2,1H3,(H2,16,19). The minimum absolute atomic E-state index is 0.0460. The number of oxime groups is 1. The van der Waals surface area contributed by atoms with Crippen LogP contribution in [0.3, 0.4) is 0 Å². The van der Waals surface area contributed by atoms with Crippen LogP contribution in [-0.2, 0) is 6.54 Å². The fourth-order valence-corrected chi connectivity index (χ4v) is 2.71. The minimum atomic E-state index is 0.0460. The Morgan fingerprint density at radius 3 is 2.95 bits per heavy atom. The van der Waals surface area contributed by atoms with E-state index in [1.807, 2.05) is 12.1 Å². The fraction of sp³-hybridized carbons (Fsp3) is 0.600. The van der Waals surface area contributed by atoms with Crippen LogP contribution in [-0.4, -0.2) is 46.6 Å². The normalized spacial score (nSPS) is 18.0. The third kappa shape index (κ3) is 4.68. The molecule has 0 atom stereocenters. The van der Waals surface area contributed by atoms with Crippen LogP contribution in [0.4, 0.5) is 0 Å². The van der Waals surface area contributed by atoms with Gasteiger partial charge in [-0.3, -0.25) is 4.98 Å². The summed E-state index contributed by atoms with van der Waals surface area (Å²) in [6.07, 6.45) is 5.30. The third-order valence-corrected chi connectivity index (χ3v) is 3.92. The van der Waals surface area contributed by atoms with E-state index in [1.54, 1.807) is 6.20 Å². The molecule has 1 aliphatic heterocycles. The Morgan fingerprint density at radius 2 is 2.29 bits per heavy atom. The highest BCUT2D eigenvalue weighted by molar-refractivity contribution is 5.95. The lowest BCUT2D eigenvalue weighted by molar-refractivity contribution is 0.197. The summed E-state index contributed by atoms with van der Waals surface area (Å²) in [5.74, 6) is 0.0460. The molecule has 0 bridgehead atoms. The number of hydrogen-bond acceptors (Lipinski definition) is 5. The highest BCUT2D eigenvalue weighted by Gasteiger charge is 2.17. The first-order chi connectivity index (χ1) is 10.2. The lowest BCUT2D eigenvalue weighted by Gasteiger charge is -2.32. The zero-order valence-electron chi connectivity index (χ0n) is 12.6. The average molecular weight is 291 g/mol. The number of rotatable bonds is 6. The molecule has 0 aliphatic carbocycles. The van der Waals surface area contributed by atoms with Gasteiger partial charge in [0.05, 0.1) is 0 Å². The van der Waals surface area contributed by atoms with Gasteiger partial charge in [-0.1, -0.05) is 12.1 Å². The highest BCUT2D eigenvalue weighted by atomic mass is 16.4. The molecule has 1 aromatic rings. The molecular weight excluding hydrogens is 266 g/mol. The summed E-state index contributed by atoms with van der Waals surface area (Å²) in [6.45, 7) is 6.58. The van der Waals surface area contributed by atoms with Crippen LogP contribution >= 0.6 is 0 Å². The van der Waals surface area contributed by atoms with Crippen LogP contribution in [0.25, 0.3) is 0 Å². The number of nitrogens with two attached hydrogens (primary N) is 1.